The fraction of sp³-hybridized carbons (Fsp3) is 1.00. The van der Waals surface area contributed by atoms with Crippen molar-refractivity contribution in [1.82, 2.24) is 0 Å². The minimum absolute atomic E-state index is 0.953. The van der Waals surface area contributed by atoms with E-state index in [0.717, 1.165) is 11.8 Å². The molecule has 0 N–H and O–H groups in total. The molecule has 1 unspecified atom stereocenters. The van der Waals surface area contributed by atoms with Gasteiger partial charge in [0.25, 0.3) is 0 Å². The molecular formula is C10H19Br. The van der Waals surface area contributed by atoms with Gasteiger partial charge in [-0.3, -0.25) is 0 Å². The van der Waals surface area contributed by atoms with Crippen LogP contribution in [-0.2, 0) is 0 Å². The van der Waals surface area contributed by atoms with Crippen LogP contribution in [0.2, 0.25) is 0 Å². The standard InChI is InChI=1S/C10H19Br/c1-9(7-8-11)10-5-3-2-4-6-10/h9-10H,2-8H2,1H3. The lowest BCUT2D eigenvalue weighted by Gasteiger charge is -2.27. The van der Waals surface area contributed by atoms with Crippen LogP contribution in [0.1, 0.15) is 45.4 Å². The molecule has 0 aliphatic heterocycles. The third kappa shape index (κ3) is 3.14. The van der Waals surface area contributed by atoms with E-state index in [4.69, 9.17) is 0 Å². The molecule has 1 saturated carbocycles. The lowest BCUT2D eigenvalue weighted by molar-refractivity contribution is 0.260. The maximum Gasteiger partial charge on any atom is 0.00339 e. The lowest BCUT2D eigenvalue weighted by Crippen LogP contribution is -2.15. The van der Waals surface area contributed by atoms with Gasteiger partial charge in [-0.15, -0.1) is 0 Å². The van der Waals surface area contributed by atoms with Crippen LogP contribution in [0.15, 0.2) is 0 Å². The predicted molar refractivity (Wildman–Crippen MR) is 54.2 cm³/mol. The Balaban J connectivity index is 2.21. The molecule has 0 aromatic rings. The Kier molecular flexibility index (Phi) is 4.51. The molecule has 0 aromatic heterocycles. The Bertz CT molecular complexity index is 95.0. The van der Waals surface area contributed by atoms with Gasteiger partial charge in [0.05, 0.1) is 0 Å². The van der Waals surface area contributed by atoms with Crippen LogP contribution in [0.5, 0.6) is 0 Å². The largest absolute Gasteiger partial charge is 0.0928 e. The highest BCUT2D eigenvalue weighted by molar-refractivity contribution is 9.09. The van der Waals surface area contributed by atoms with Crippen molar-refractivity contribution in [3.63, 3.8) is 0 Å². The van der Waals surface area contributed by atoms with Crippen molar-refractivity contribution in [2.75, 3.05) is 5.33 Å². The van der Waals surface area contributed by atoms with E-state index in [0.29, 0.717) is 0 Å². The second-order valence-corrected chi connectivity index (χ2v) is 4.65. The molecule has 1 aliphatic carbocycles. The summed E-state index contributed by atoms with van der Waals surface area (Å²) in [4.78, 5) is 0. The van der Waals surface area contributed by atoms with E-state index in [1.165, 1.54) is 43.9 Å². The van der Waals surface area contributed by atoms with E-state index < -0.39 is 0 Å². The van der Waals surface area contributed by atoms with E-state index in [2.05, 4.69) is 22.9 Å². The predicted octanol–water partition coefficient (Wildman–Crippen LogP) is 3.99. The normalized spacial score (nSPS) is 23.5. The van der Waals surface area contributed by atoms with Crippen LogP contribution in [0.3, 0.4) is 0 Å². The molecule has 1 fully saturated rings. The minimum Gasteiger partial charge on any atom is -0.0928 e. The molecule has 0 amide bonds. The number of hydrogen-bond donors (Lipinski definition) is 0. The highest BCUT2D eigenvalue weighted by atomic mass is 79.9. The highest BCUT2D eigenvalue weighted by Crippen LogP contribution is 2.31. The van der Waals surface area contributed by atoms with Gasteiger partial charge in [-0.2, -0.15) is 0 Å². The monoisotopic (exact) mass is 218 g/mol. The number of alkyl halides is 1. The van der Waals surface area contributed by atoms with Crippen molar-refractivity contribution in [3.05, 3.63) is 0 Å². The average Bonchev–Trinajstić information content (AvgIpc) is 2.07. The summed E-state index contributed by atoms with van der Waals surface area (Å²) in [5, 5.41) is 1.19. The van der Waals surface area contributed by atoms with Gasteiger partial charge in [-0.25, -0.2) is 0 Å². The van der Waals surface area contributed by atoms with E-state index >= 15 is 0 Å². The Morgan fingerprint density at radius 2 is 1.91 bits per heavy atom. The van der Waals surface area contributed by atoms with Gasteiger partial charge in [0, 0.05) is 5.33 Å². The van der Waals surface area contributed by atoms with Crippen LogP contribution in [0, 0.1) is 11.8 Å². The van der Waals surface area contributed by atoms with Gasteiger partial charge < -0.3 is 0 Å². The fourth-order valence-electron chi connectivity index (χ4n) is 2.11. The van der Waals surface area contributed by atoms with E-state index in [1.54, 1.807) is 0 Å². The number of hydrogen-bond acceptors (Lipinski definition) is 0. The first-order valence-electron chi connectivity index (χ1n) is 4.90. The minimum atomic E-state index is 0.953. The van der Waals surface area contributed by atoms with Crippen LogP contribution in [-0.4, -0.2) is 5.33 Å². The quantitative estimate of drug-likeness (QED) is 0.629. The van der Waals surface area contributed by atoms with Gasteiger partial charge in [-0.05, 0) is 18.3 Å². The van der Waals surface area contributed by atoms with Crippen molar-refractivity contribution < 1.29 is 0 Å². The van der Waals surface area contributed by atoms with Gasteiger partial charge in [-0.1, -0.05) is 55.0 Å². The molecule has 0 saturated heterocycles. The topological polar surface area (TPSA) is 0 Å². The van der Waals surface area contributed by atoms with E-state index in [1.807, 2.05) is 0 Å². The van der Waals surface area contributed by atoms with E-state index in [9.17, 15) is 0 Å². The molecule has 0 nitrogen and oxygen atoms in total. The summed E-state index contributed by atoms with van der Waals surface area (Å²) >= 11 is 3.52. The summed E-state index contributed by atoms with van der Waals surface area (Å²) < 4.78 is 0. The zero-order valence-electron chi connectivity index (χ0n) is 7.48. The Labute approximate surface area is 78.9 Å². The maximum absolute atomic E-state index is 3.52. The second-order valence-electron chi connectivity index (χ2n) is 3.85. The van der Waals surface area contributed by atoms with Crippen molar-refractivity contribution >= 4 is 15.9 Å². The summed E-state index contributed by atoms with van der Waals surface area (Å²) in [6.45, 7) is 2.41. The van der Waals surface area contributed by atoms with Crippen molar-refractivity contribution in [3.8, 4) is 0 Å². The molecule has 1 aliphatic rings. The first-order valence-corrected chi connectivity index (χ1v) is 6.02. The molecule has 1 atom stereocenters. The van der Waals surface area contributed by atoms with Gasteiger partial charge in [0.2, 0.25) is 0 Å². The Hall–Kier alpha value is 0.480. The molecule has 0 aromatic carbocycles. The Morgan fingerprint density at radius 1 is 1.27 bits per heavy atom. The molecule has 11 heavy (non-hydrogen) atoms. The lowest BCUT2D eigenvalue weighted by atomic mass is 9.80. The fourth-order valence-corrected chi connectivity index (χ4v) is 2.83. The van der Waals surface area contributed by atoms with E-state index in [-0.39, 0.29) is 0 Å². The van der Waals surface area contributed by atoms with Gasteiger partial charge in [0.1, 0.15) is 0 Å². The van der Waals surface area contributed by atoms with Crippen molar-refractivity contribution in [2.45, 2.75) is 45.4 Å². The second kappa shape index (κ2) is 5.18. The maximum atomic E-state index is 3.52. The van der Waals surface area contributed by atoms with Crippen LogP contribution in [0.25, 0.3) is 0 Å². The third-order valence-corrected chi connectivity index (χ3v) is 3.48. The van der Waals surface area contributed by atoms with Crippen LogP contribution in [0.4, 0.5) is 0 Å². The molecule has 1 heteroatoms. The molecule has 0 bridgehead atoms. The average molecular weight is 219 g/mol. The molecule has 1 rings (SSSR count). The first kappa shape index (κ1) is 9.57. The zero-order chi connectivity index (χ0) is 8.10. The summed E-state index contributed by atoms with van der Waals surface area (Å²) in [6, 6.07) is 0. The number of rotatable bonds is 3. The van der Waals surface area contributed by atoms with Crippen molar-refractivity contribution in [1.29, 1.82) is 0 Å². The number of halogens is 1. The summed E-state index contributed by atoms with van der Waals surface area (Å²) in [5.41, 5.74) is 0. The van der Waals surface area contributed by atoms with Gasteiger partial charge in [0.15, 0.2) is 0 Å². The Morgan fingerprint density at radius 3 is 2.45 bits per heavy atom. The molecule has 0 radical (unpaired) electrons. The van der Waals surface area contributed by atoms with Crippen LogP contribution < -0.4 is 0 Å². The summed E-state index contributed by atoms with van der Waals surface area (Å²) in [7, 11) is 0. The molecule has 0 spiro atoms. The summed E-state index contributed by atoms with van der Waals surface area (Å²) in [6.07, 6.45) is 8.80. The zero-order valence-corrected chi connectivity index (χ0v) is 9.07. The molecule has 0 heterocycles. The first-order chi connectivity index (χ1) is 5.34. The smallest absolute Gasteiger partial charge is 0.00339 e. The molecule has 66 valence electrons. The SMILES string of the molecule is CC(CCBr)C1CCCCC1. The summed E-state index contributed by atoms with van der Waals surface area (Å²) in [5.74, 6) is 2.00. The third-order valence-electron chi connectivity index (χ3n) is 3.02. The van der Waals surface area contributed by atoms with Crippen LogP contribution >= 0.6 is 15.9 Å². The van der Waals surface area contributed by atoms with Crippen molar-refractivity contribution in [2.24, 2.45) is 11.8 Å². The van der Waals surface area contributed by atoms with Gasteiger partial charge >= 0.3 is 0 Å². The molecular weight excluding hydrogens is 200 g/mol. The highest BCUT2D eigenvalue weighted by Gasteiger charge is 2.18.